The predicted octanol–water partition coefficient (Wildman–Crippen LogP) is 3.47. The molecule has 0 spiro atoms. The summed E-state index contributed by atoms with van der Waals surface area (Å²) in [6.45, 7) is 5.79. The first-order valence-corrected chi connectivity index (χ1v) is 6.92. The van der Waals surface area contributed by atoms with E-state index in [0.717, 1.165) is 17.0 Å². The molecule has 5 nitrogen and oxygen atoms in total. The van der Waals surface area contributed by atoms with Crippen LogP contribution < -0.4 is 5.32 Å². The summed E-state index contributed by atoms with van der Waals surface area (Å²) in [6.07, 6.45) is 1.43. The summed E-state index contributed by atoms with van der Waals surface area (Å²) in [5.41, 5.74) is 3.24. The van der Waals surface area contributed by atoms with Gasteiger partial charge in [0.1, 0.15) is 18.0 Å². The van der Waals surface area contributed by atoms with Crippen LogP contribution in [0.3, 0.4) is 0 Å². The standard InChI is InChI=1S/C16H16FN5/c1-10-4-5-13(17)14(6-10)20-15-8-16(19-9-18-15)22-12(3)7-11(2)21-22/h4-9H,1-3H3,(H,18,19,20). The van der Waals surface area contributed by atoms with E-state index in [1.807, 2.05) is 26.8 Å². The van der Waals surface area contributed by atoms with E-state index in [0.29, 0.717) is 17.3 Å². The minimum Gasteiger partial charge on any atom is -0.338 e. The maximum atomic E-state index is 13.8. The maximum absolute atomic E-state index is 13.8. The van der Waals surface area contributed by atoms with Crippen LogP contribution >= 0.6 is 0 Å². The topological polar surface area (TPSA) is 55.6 Å². The van der Waals surface area contributed by atoms with Gasteiger partial charge in [-0.3, -0.25) is 0 Å². The van der Waals surface area contributed by atoms with E-state index in [2.05, 4.69) is 20.4 Å². The molecule has 0 radical (unpaired) electrons. The maximum Gasteiger partial charge on any atom is 0.159 e. The average Bonchev–Trinajstić information content (AvgIpc) is 2.82. The van der Waals surface area contributed by atoms with Crippen molar-refractivity contribution < 1.29 is 4.39 Å². The van der Waals surface area contributed by atoms with E-state index in [-0.39, 0.29) is 5.82 Å². The second-order valence-electron chi connectivity index (χ2n) is 5.21. The number of anilines is 2. The molecule has 2 aromatic heterocycles. The van der Waals surface area contributed by atoms with Crippen molar-refractivity contribution in [2.45, 2.75) is 20.8 Å². The van der Waals surface area contributed by atoms with Crippen LogP contribution in [0.5, 0.6) is 0 Å². The highest BCUT2D eigenvalue weighted by Gasteiger charge is 2.08. The van der Waals surface area contributed by atoms with Crippen LogP contribution in [0, 0.1) is 26.6 Å². The summed E-state index contributed by atoms with van der Waals surface area (Å²) < 4.78 is 15.6. The number of hydrogen-bond donors (Lipinski definition) is 1. The molecule has 0 bridgehead atoms. The Kier molecular flexibility index (Phi) is 3.58. The fraction of sp³-hybridized carbons (Fsp3) is 0.188. The van der Waals surface area contributed by atoms with Gasteiger partial charge in [-0.25, -0.2) is 19.0 Å². The molecule has 0 aliphatic heterocycles. The molecule has 3 rings (SSSR count). The molecule has 0 atom stereocenters. The minimum absolute atomic E-state index is 0.322. The van der Waals surface area contributed by atoms with Crippen molar-refractivity contribution in [1.29, 1.82) is 0 Å². The summed E-state index contributed by atoms with van der Waals surface area (Å²) in [5, 5.41) is 7.37. The summed E-state index contributed by atoms with van der Waals surface area (Å²) >= 11 is 0. The Balaban J connectivity index is 1.94. The van der Waals surface area contributed by atoms with Crippen molar-refractivity contribution in [1.82, 2.24) is 19.7 Å². The van der Waals surface area contributed by atoms with Gasteiger partial charge < -0.3 is 5.32 Å². The lowest BCUT2D eigenvalue weighted by Crippen LogP contribution is -2.04. The van der Waals surface area contributed by atoms with Crippen molar-refractivity contribution in [3.05, 3.63) is 59.4 Å². The summed E-state index contributed by atoms with van der Waals surface area (Å²) in [6, 6.07) is 8.60. The number of halogens is 1. The molecule has 0 saturated carbocycles. The minimum atomic E-state index is -0.322. The van der Waals surface area contributed by atoms with Gasteiger partial charge in [0.15, 0.2) is 5.82 Å². The second-order valence-corrected chi connectivity index (χ2v) is 5.21. The van der Waals surface area contributed by atoms with Gasteiger partial charge in [0.25, 0.3) is 0 Å². The van der Waals surface area contributed by atoms with Gasteiger partial charge in [-0.05, 0) is 44.5 Å². The molecular formula is C16H16FN5. The SMILES string of the molecule is Cc1ccc(F)c(Nc2cc(-n3nc(C)cc3C)ncn2)c1. The third kappa shape index (κ3) is 2.81. The van der Waals surface area contributed by atoms with Gasteiger partial charge in [0, 0.05) is 11.8 Å². The number of nitrogens with one attached hydrogen (secondary N) is 1. The van der Waals surface area contributed by atoms with Crippen molar-refractivity contribution in [2.24, 2.45) is 0 Å². The first kappa shape index (κ1) is 14.2. The third-order valence-corrected chi connectivity index (χ3v) is 3.26. The lowest BCUT2D eigenvalue weighted by Gasteiger charge is -2.09. The molecule has 0 saturated heterocycles. The highest BCUT2D eigenvalue weighted by Crippen LogP contribution is 2.21. The molecule has 1 N–H and O–H groups in total. The molecule has 0 amide bonds. The molecule has 0 aliphatic carbocycles. The highest BCUT2D eigenvalue weighted by atomic mass is 19.1. The average molecular weight is 297 g/mol. The quantitative estimate of drug-likeness (QED) is 0.804. The summed E-state index contributed by atoms with van der Waals surface area (Å²) in [5.74, 6) is 0.829. The number of rotatable bonds is 3. The van der Waals surface area contributed by atoms with Crippen molar-refractivity contribution in [3.8, 4) is 5.82 Å². The van der Waals surface area contributed by atoms with E-state index in [1.54, 1.807) is 22.9 Å². The Bertz CT molecular complexity index is 825. The molecule has 0 aliphatic rings. The number of hydrogen-bond acceptors (Lipinski definition) is 4. The highest BCUT2D eigenvalue weighted by molar-refractivity contribution is 5.58. The molecule has 1 aromatic carbocycles. The molecule has 6 heteroatoms. The zero-order chi connectivity index (χ0) is 15.7. The van der Waals surface area contributed by atoms with Crippen LogP contribution in [-0.4, -0.2) is 19.7 Å². The van der Waals surface area contributed by atoms with Gasteiger partial charge in [0.05, 0.1) is 11.4 Å². The Morgan fingerprint density at radius 3 is 2.59 bits per heavy atom. The Hall–Kier alpha value is -2.76. The van der Waals surface area contributed by atoms with Gasteiger partial charge >= 0.3 is 0 Å². The number of aromatic nitrogens is 4. The molecule has 3 aromatic rings. The molecule has 2 heterocycles. The largest absolute Gasteiger partial charge is 0.338 e. The van der Waals surface area contributed by atoms with Gasteiger partial charge in [-0.1, -0.05) is 6.07 Å². The van der Waals surface area contributed by atoms with E-state index >= 15 is 0 Å². The Morgan fingerprint density at radius 2 is 1.86 bits per heavy atom. The van der Waals surface area contributed by atoms with Crippen molar-refractivity contribution in [2.75, 3.05) is 5.32 Å². The van der Waals surface area contributed by atoms with Gasteiger partial charge in [-0.15, -0.1) is 0 Å². The fourth-order valence-corrected chi connectivity index (χ4v) is 2.26. The van der Waals surface area contributed by atoms with E-state index in [4.69, 9.17) is 0 Å². The van der Waals surface area contributed by atoms with Crippen molar-refractivity contribution in [3.63, 3.8) is 0 Å². The molecule has 22 heavy (non-hydrogen) atoms. The monoisotopic (exact) mass is 297 g/mol. The molecule has 112 valence electrons. The number of nitrogens with zero attached hydrogens (tertiary/aromatic N) is 4. The van der Waals surface area contributed by atoms with E-state index in [1.165, 1.54) is 12.4 Å². The molecule has 0 unspecified atom stereocenters. The van der Waals surface area contributed by atoms with E-state index < -0.39 is 0 Å². The zero-order valence-electron chi connectivity index (χ0n) is 12.6. The lowest BCUT2D eigenvalue weighted by molar-refractivity contribution is 0.631. The first-order valence-electron chi connectivity index (χ1n) is 6.92. The Labute approximate surface area is 127 Å². The predicted molar refractivity (Wildman–Crippen MR) is 83.0 cm³/mol. The van der Waals surface area contributed by atoms with Gasteiger partial charge in [0.2, 0.25) is 0 Å². The summed E-state index contributed by atoms with van der Waals surface area (Å²) in [4.78, 5) is 8.36. The van der Waals surface area contributed by atoms with Crippen molar-refractivity contribution >= 4 is 11.5 Å². The fourth-order valence-electron chi connectivity index (χ4n) is 2.26. The smallest absolute Gasteiger partial charge is 0.159 e. The Morgan fingerprint density at radius 1 is 1.05 bits per heavy atom. The van der Waals surface area contributed by atoms with Crippen LogP contribution in [0.25, 0.3) is 5.82 Å². The molecule has 0 fully saturated rings. The van der Waals surface area contributed by atoms with Crippen LogP contribution in [-0.2, 0) is 0 Å². The molecular weight excluding hydrogens is 281 g/mol. The van der Waals surface area contributed by atoms with E-state index in [9.17, 15) is 4.39 Å². The summed E-state index contributed by atoms with van der Waals surface area (Å²) in [7, 11) is 0. The second kappa shape index (κ2) is 5.55. The van der Waals surface area contributed by atoms with Crippen LogP contribution in [0.2, 0.25) is 0 Å². The zero-order valence-corrected chi connectivity index (χ0v) is 12.6. The third-order valence-electron chi connectivity index (χ3n) is 3.26. The first-order chi connectivity index (χ1) is 10.5. The van der Waals surface area contributed by atoms with Crippen LogP contribution in [0.1, 0.15) is 17.0 Å². The van der Waals surface area contributed by atoms with Crippen LogP contribution in [0.4, 0.5) is 15.9 Å². The lowest BCUT2D eigenvalue weighted by atomic mass is 10.2. The van der Waals surface area contributed by atoms with Crippen LogP contribution in [0.15, 0.2) is 36.7 Å². The number of benzene rings is 1. The van der Waals surface area contributed by atoms with Gasteiger partial charge in [-0.2, -0.15) is 5.10 Å². The normalized spacial score (nSPS) is 10.7. The number of aryl methyl sites for hydroxylation is 3.